The van der Waals surface area contributed by atoms with Crippen molar-refractivity contribution < 1.29 is 27.8 Å². The largest absolute Gasteiger partial charge is 0.508 e. The van der Waals surface area contributed by atoms with Gasteiger partial charge in [0.15, 0.2) is 16.1 Å². The molecule has 192 valence electrons. The van der Waals surface area contributed by atoms with Gasteiger partial charge in [-0.2, -0.15) is 0 Å². The smallest absolute Gasteiger partial charge is 0.175 e. The van der Waals surface area contributed by atoms with Gasteiger partial charge < -0.3 is 14.6 Å². The summed E-state index contributed by atoms with van der Waals surface area (Å²) in [6.07, 6.45) is 3.35. The molecule has 5 rings (SSSR count). The summed E-state index contributed by atoms with van der Waals surface area (Å²) in [6, 6.07) is 22.6. The molecular weight excluding hydrogens is 506 g/mol. The van der Waals surface area contributed by atoms with Crippen molar-refractivity contribution in [1.82, 2.24) is 15.0 Å². The minimum atomic E-state index is -3.32. The Kier molecular flexibility index (Phi) is 6.80. The molecule has 0 radical (unpaired) electrons. The summed E-state index contributed by atoms with van der Waals surface area (Å²) >= 11 is 0. The lowest BCUT2D eigenvalue weighted by atomic mass is 9.99. The summed E-state index contributed by atoms with van der Waals surface area (Å²) in [6.45, 7) is 0.770. The lowest BCUT2D eigenvalue weighted by molar-refractivity contribution is 0.111. The van der Waals surface area contributed by atoms with E-state index in [1.807, 2.05) is 12.1 Å². The van der Waals surface area contributed by atoms with Crippen LogP contribution in [-0.2, 0) is 16.4 Å². The second kappa shape index (κ2) is 10.3. The van der Waals surface area contributed by atoms with E-state index in [-0.39, 0.29) is 16.3 Å². The SMILES string of the molecule is CS(=O)(=O)c1ccc(-c2ccc3cc(O)ccc3c2Oc2ccc(OCCn3cc(C=O)nn3)cc2)cc1. The highest BCUT2D eigenvalue weighted by atomic mass is 32.2. The van der Waals surface area contributed by atoms with Crippen molar-refractivity contribution in [3.8, 4) is 34.1 Å². The van der Waals surface area contributed by atoms with Crippen molar-refractivity contribution in [2.75, 3.05) is 12.9 Å². The first-order chi connectivity index (χ1) is 18.3. The Morgan fingerprint density at radius 3 is 2.37 bits per heavy atom. The first-order valence-electron chi connectivity index (χ1n) is 11.6. The number of hydrogen-bond acceptors (Lipinski definition) is 8. The lowest BCUT2D eigenvalue weighted by Gasteiger charge is -2.16. The van der Waals surface area contributed by atoms with Gasteiger partial charge in [0.25, 0.3) is 0 Å². The molecule has 1 heterocycles. The Bertz CT molecular complexity index is 1710. The normalized spacial score (nSPS) is 11.4. The van der Waals surface area contributed by atoms with Crippen molar-refractivity contribution in [3.05, 3.63) is 90.8 Å². The molecule has 1 N–H and O–H groups in total. The molecule has 0 atom stereocenters. The summed E-state index contributed by atoms with van der Waals surface area (Å²) in [5, 5.41) is 19.1. The first kappa shape index (κ1) is 25.0. The van der Waals surface area contributed by atoms with E-state index in [1.54, 1.807) is 72.9 Å². The number of fused-ring (bicyclic) bond motifs is 1. The number of aldehydes is 1. The van der Waals surface area contributed by atoms with Gasteiger partial charge in [0.05, 0.1) is 17.6 Å². The highest BCUT2D eigenvalue weighted by Crippen LogP contribution is 2.41. The van der Waals surface area contributed by atoms with Crippen LogP contribution in [0.1, 0.15) is 10.5 Å². The summed E-state index contributed by atoms with van der Waals surface area (Å²) in [5.41, 5.74) is 1.82. The molecule has 0 fully saturated rings. The standard InChI is InChI=1S/C28H23N3O6S/c1-38(34,35)25-10-2-19(3-11-25)26-12-4-20-16-22(33)5-13-27(20)28(26)37-24-8-6-23(7-9-24)36-15-14-31-17-21(18-32)29-30-31/h2-13,16-18,33H,14-15H2,1H3. The number of benzene rings is 4. The molecule has 0 bridgehead atoms. The number of aromatic hydroxyl groups is 1. The van der Waals surface area contributed by atoms with E-state index in [1.165, 1.54) is 10.9 Å². The fraction of sp³-hybridized carbons (Fsp3) is 0.107. The van der Waals surface area contributed by atoms with Crippen LogP contribution in [0.2, 0.25) is 0 Å². The molecule has 0 aliphatic carbocycles. The van der Waals surface area contributed by atoms with Crippen molar-refractivity contribution in [1.29, 1.82) is 0 Å². The van der Waals surface area contributed by atoms with Gasteiger partial charge in [0.1, 0.15) is 35.3 Å². The quantitative estimate of drug-likeness (QED) is 0.268. The van der Waals surface area contributed by atoms with Crippen LogP contribution in [0.25, 0.3) is 21.9 Å². The van der Waals surface area contributed by atoms with Gasteiger partial charge in [-0.05, 0) is 71.6 Å². The molecule has 4 aromatic carbocycles. The molecule has 10 heteroatoms. The van der Waals surface area contributed by atoms with E-state index in [2.05, 4.69) is 10.3 Å². The maximum absolute atomic E-state index is 11.9. The van der Waals surface area contributed by atoms with Gasteiger partial charge in [-0.1, -0.05) is 23.4 Å². The Labute approximate surface area is 218 Å². The third-order valence-electron chi connectivity index (χ3n) is 5.86. The zero-order valence-electron chi connectivity index (χ0n) is 20.3. The average Bonchev–Trinajstić information content (AvgIpc) is 3.37. The van der Waals surface area contributed by atoms with Crippen molar-refractivity contribution in [3.63, 3.8) is 0 Å². The fourth-order valence-corrected chi connectivity index (χ4v) is 4.59. The predicted octanol–water partition coefficient (Wildman–Crippen LogP) is 4.89. The Balaban J connectivity index is 1.40. The zero-order chi connectivity index (χ0) is 26.7. The van der Waals surface area contributed by atoms with Gasteiger partial charge in [0, 0.05) is 17.2 Å². The van der Waals surface area contributed by atoms with Crippen molar-refractivity contribution in [2.45, 2.75) is 11.4 Å². The molecule has 1 aromatic heterocycles. The number of nitrogens with zero attached hydrogens (tertiary/aromatic N) is 3. The third-order valence-corrected chi connectivity index (χ3v) is 6.99. The van der Waals surface area contributed by atoms with Gasteiger partial charge in [-0.3, -0.25) is 4.79 Å². The van der Waals surface area contributed by atoms with Crippen LogP contribution in [0, 0.1) is 0 Å². The van der Waals surface area contributed by atoms with Gasteiger partial charge in [-0.15, -0.1) is 5.10 Å². The lowest BCUT2D eigenvalue weighted by Crippen LogP contribution is -2.08. The fourth-order valence-electron chi connectivity index (χ4n) is 3.96. The highest BCUT2D eigenvalue weighted by molar-refractivity contribution is 7.90. The summed E-state index contributed by atoms with van der Waals surface area (Å²) in [7, 11) is -3.32. The van der Waals surface area contributed by atoms with Crippen molar-refractivity contribution in [2.24, 2.45) is 0 Å². The van der Waals surface area contributed by atoms with Crippen molar-refractivity contribution >= 4 is 26.9 Å². The van der Waals surface area contributed by atoms with E-state index in [0.29, 0.717) is 36.7 Å². The molecule has 0 aliphatic rings. The topological polar surface area (TPSA) is 121 Å². The highest BCUT2D eigenvalue weighted by Gasteiger charge is 2.15. The van der Waals surface area contributed by atoms with Crippen LogP contribution >= 0.6 is 0 Å². The van der Waals surface area contributed by atoms with E-state index in [9.17, 15) is 18.3 Å². The number of phenolic OH excluding ortho intramolecular Hbond substituents is 1. The Morgan fingerprint density at radius 1 is 0.947 bits per heavy atom. The second-order valence-electron chi connectivity index (χ2n) is 8.59. The van der Waals surface area contributed by atoms with Crippen LogP contribution in [0.5, 0.6) is 23.0 Å². The molecule has 0 saturated carbocycles. The zero-order valence-corrected chi connectivity index (χ0v) is 21.1. The second-order valence-corrected chi connectivity index (χ2v) is 10.6. The Morgan fingerprint density at radius 2 is 1.68 bits per heavy atom. The molecule has 0 saturated heterocycles. The van der Waals surface area contributed by atoms with E-state index >= 15 is 0 Å². The molecule has 0 amide bonds. The van der Waals surface area contributed by atoms with Crippen LogP contribution in [0.15, 0.2) is 90.0 Å². The number of aromatic nitrogens is 3. The van der Waals surface area contributed by atoms with Crippen LogP contribution in [0.3, 0.4) is 0 Å². The summed E-state index contributed by atoms with van der Waals surface area (Å²) in [5.74, 6) is 1.91. The molecule has 0 aliphatic heterocycles. The maximum Gasteiger partial charge on any atom is 0.175 e. The van der Waals surface area contributed by atoms with E-state index in [4.69, 9.17) is 9.47 Å². The van der Waals surface area contributed by atoms with Gasteiger partial charge in [0.2, 0.25) is 0 Å². The Hall–Kier alpha value is -4.70. The number of phenols is 1. The average molecular weight is 530 g/mol. The monoisotopic (exact) mass is 529 g/mol. The minimum Gasteiger partial charge on any atom is -0.508 e. The number of rotatable bonds is 9. The molecule has 38 heavy (non-hydrogen) atoms. The number of carbonyl (C=O) groups excluding carboxylic acids is 1. The van der Waals surface area contributed by atoms with Crippen LogP contribution in [0.4, 0.5) is 0 Å². The number of hydrogen-bond donors (Lipinski definition) is 1. The molecule has 0 spiro atoms. The van der Waals surface area contributed by atoms with Gasteiger partial charge >= 0.3 is 0 Å². The summed E-state index contributed by atoms with van der Waals surface area (Å²) in [4.78, 5) is 11.0. The number of ether oxygens (including phenoxy) is 2. The van der Waals surface area contributed by atoms with E-state index < -0.39 is 9.84 Å². The molecule has 9 nitrogen and oxygen atoms in total. The summed E-state index contributed by atoms with van der Waals surface area (Å²) < 4.78 is 37.4. The maximum atomic E-state index is 11.9. The van der Waals surface area contributed by atoms with Gasteiger partial charge in [-0.25, -0.2) is 13.1 Å². The molecule has 5 aromatic rings. The minimum absolute atomic E-state index is 0.142. The van der Waals surface area contributed by atoms with E-state index in [0.717, 1.165) is 21.9 Å². The van der Waals surface area contributed by atoms with Crippen LogP contribution < -0.4 is 9.47 Å². The number of carbonyl (C=O) groups is 1. The molecule has 0 unspecified atom stereocenters. The third kappa shape index (κ3) is 5.50. The molecular formula is C28H23N3O6S. The predicted molar refractivity (Wildman–Crippen MR) is 142 cm³/mol. The first-order valence-corrected chi connectivity index (χ1v) is 13.5. The number of sulfone groups is 1. The van der Waals surface area contributed by atoms with Crippen LogP contribution in [-0.4, -0.2) is 47.7 Å².